The highest BCUT2D eigenvalue weighted by molar-refractivity contribution is 6.39. The van der Waals surface area contributed by atoms with E-state index in [9.17, 15) is 9.59 Å². The SMILES string of the molecule is Cc1cccc(NC(=O)C(=O)N2CCN(C/C=C/c3ccccc3)CC2)c1C. The van der Waals surface area contributed by atoms with Crippen LogP contribution in [0.2, 0.25) is 0 Å². The molecule has 1 saturated heterocycles. The maximum Gasteiger partial charge on any atom is 0.313 e. The van der Waals surface area contributed by atoms with Crippen molar-refractivity contribution in [3.05, 3.63) is 71.3 Å². The number of nitrogens with one attached hydrogen (secondary N) is 1. The Bertz CT molecular complexity index is 853. The second-order valence-corrected chi connectivity index (χ2v) is 7.11. The van der Waals surface area contributed by atoms with Gasteiger partial charge in [0.2, 0.25) is 0 Å². The first-order valence-corrected chi connectivity index (χ1v) is 9.65. The van der Waals surface area contributed by atoms with Crippen molar-refractivity contribution >= 4 is 23.6 Å². The average Bonchev–Trinajstić information content (AvgIpc) is 2.72. The van der Waals surface area contributed by atoms with Gasteiger partial charge in [0.15, 0.2) is 0 Å². The molecule has 1 aliphatic heterocycles. The van der Waals surface area contributed by atoms with Crippen molar-refractivity contribution in [2.45, 2.75) is 13.8 Å². The largest absolute Gasteiger partial charge is 0.332 e. The summed E-state index contributed by atoms with van der Waals surface area (Å²) in [6, 6.07) is 15.9. The second-order valence-electron chi connectivity index (χ2n) is 7.11. The van der Waals surface area contributed by atoms with Crippen LogP contribution in [0.4, 0.5) is 5.69 Å². The molecule has 2 amide bonds. The van der Waals surface area contributed by atoms with Crippen LogP contribution in [0.25, 0.3) is 6.08 Å². The number of hydrogen-bond acceptors (Lipinski definition) is 3. The highest BCUT2D eigenvalue weighted by Gasteiger charge is 2.26. The lowest BCUT2D eigenvalue weighted by atomic mass is 10.1. The van der Waals surface area contributed by atoms with E-state index < -0.39 is 11.8 Å². The third-order valence-electron chi connectivity index (χ3n) is 5.18. The van der Waals surface area contributed by atoms with E-state index in [4.69, 9.17) is 0 Å². The van der Waals surface area contributed by atoms with E-state index in [-0.39, 0.29) is 0 Å². The lowest BCUT2D eigenvalue weighted by molar-refractivity contribution is -0.144. The van der Waals surface area contributed by atoms with Crippen LogP contribution in [-0.4, -0.2) is 54.3 Å². The molecule has 1 fully saturated rings. The zero-order valence-corrected chi connectivity index (χ0v) is 16.5. The molecule has 0 saturated carbocycles. The monoisotopic (exact) mass is 377 g/mol. The minimum absolute atomic E-state index is 0.458. The Morgan fingerprint density at radius 1 is 0.964 bits per heavy atom. The molecule has 0 radical (unpaired) electrons. The standard InChI is InChI=1S/C23H27N3O2/c1-18-8-6-12-21(19(18)2)24-22(27)23(28)26-16-14-25(15-17-26)13-7-11-20-9-4-3-5-10-20/h3-12H,13-17H2,1-2H3,(H,24,27)/b11-7+. The lowest BCUT2D eigenvalue weighted by Crippen LogP contribution is -2.51. The normalized spacial score (nSPS) is 15.0. The molecule has 0 atom stereocenters. The van der Waals surface area contributed by atoms with Crippen molar-refractivity contribution in [1.82, 2.24) is 9.80 Å². The molecular formula is C23H27N3O2. The predicted molar refractivity (Wildman–Crippen MR) is 113 cm³/mol. The molecule has 0 unspecified atom stereocenters. The van der Waals surface area contributed by atoms with Crippen LogP contribution in [0.5, 0.6) is 0 Å². The summed E-state index contributed by atoms with van der Waals surface area (Å²) in [4.78, 5) is 28.8. The smallest absolute Gasteiger partial charge is 0.313 e. The van der Waals surface area contributed by atoms with Crippen LogP contribution in [0, 0.1) is 13.8 Å². The molecule has 0 aliphatic carbocycles. The lowest BCUT2D eigenvalue weighted by Gasteiger charge is -2.33. The van der Waals surface area contributed by atoms with Gasteiger partial charge >= 0.3 is 11.8 Å². The van der Waals surface area contributed by atoms with Gasteiger partial charge in [-0.25, -0.2) is 0 Å². The first-order valence-electron chi connectivity index (χ1n) is 9.65. The number of carbonyl (C=O) groups is 2. The number of anilines is 1. The molecule has 2 aromatic carbocycles. The molecule has 146 valence electrons. The zero-order valence-electron chi connectivity index (χ0n) is 16.5. The van der Waals surface area contributed by atoms with Crippen LogP contribution in [0.1, 0.15) is 16.7 Å². The predicted octanol–water partition coefficient (Wildman–Crippen LogP) is 3.10. The fraction of sp³-hybridized carbons (Fsp3) is 0.304. The summed E-state index contributed by atoms with van der Waals surface area (Å²) in [5, 5.41) is 2.76. The van der Waals surface area contributed by atoms with E-state index in [1.54, 1.807) is 4.90 Å². The van der Waals surface area contributed by atoms with Crippen molar-refractivity contribution in [3.63, 3.8) is 0 Å². The fourth-order valence-electron chi connectivity index (χ4n) is 3.24. The highest BCUT2D eigenvalue weighted by atomic mass is 16.2. The summed E-state index contributed by atoms with van der Waals surface area (Å²) in [7, 11) is 0. The van der Waals surface area contributed by atoms with Gasteiger partial charge in [0.1, 0.15) is 0 Å². The summed E-state index contributed by atoms with van der Waals surface area (Å²) in [6.45, 7) is 7.43. The molecule has 1 N–H and O–H groups in total. The van der Waals surface area contributed by atoms with Gasteiger partial charge < -0.3 is 10.2 Å². The van der Waals surface area contributed by atoms with Gasteiger partial charge in [-0.1, -0.05) is 54.6 Å². The van der Waals surface area contributed by atoms with Crippen molar-refractivity contribution in [2.24, 2.45) is 0 Å². The fourth-order valence-corrected chi connectivity index (χ4v) is 3.24. The Labute approximate surface area is 166 Å². The highest BCUT2D eigenvalue weighted by Crippen LogP contribution is 2.18. The summed E-state index contributed by atoms with van der Waals surface area (Å²) < 4.78 is 0. The van der Waals surface area contributed by atoms with Crippen LogP contribution >= 0.6 is 0 Å². The van der Waals surface area contributed by atoms with Crippen LogP contribution in [0.15, 0.2) is 54.6 Å². The molecule has 0 aromatic heterocycles. The van der Waals surface area contributed by atoms with E-state index in [1.165, 1.54) is 5.56 Å². The molecule has 1 aliphatic rings. The van der Waals surface area contributed by atoms with Gasteiger partial charge in [0.05, 0.1) is 0 Å². The topological polar surface area (TPSA) is 52.7 Å². The third kappa shape index (κ3) is 5.08. The first-order chi connectivity index (χ1) is 13.5. The second kappa shape index (κ2) is 9.33. The summed E-state index contributed by atoms with van der Waals surface area (Å²) >= 11 is 0. The minimum atomic E-state index is -0.564. The molecule has 3 rings (SSSR count). The van der Waals surface area contributed by atoms with E-state index >= 15 is 0 Å². The number of carbonyl (C=O) groups excluding carboxylic acids is 2. The van der Waals surface area contributed by atoms with Gasteiger partial charge in [0.25, 0.3) is 0 Å². The van der Waals surface area contributed by atoms with Gasteiger partial charge in [0, 0.05) is 38.4 Å². The van der Waals surface area contributed by atoms with Gasteiger partial charge in [-0.2, -0.15) is 0 Å². The minimum Gasteiger partial charge on any atom is -0.332 e. The maximum absolute atomic E-state index is 12.5. The number of hydrogen-bond donors (Lipinski definition) is 1. The van der Waals surface area contributed by atoms with Crippen LogP contribution < -0.4 is 5.32 Å². The van der Waals surface area contributed by atoms with Gasteiger partial charge in [-0.15, -0.1) is 0 Å². The Morgan fingerprint density at radius 3 is 2.39 bits per heavy atom. The number of benzene rings is 2. The van der Waals surface area contributed by atoms with Crippen molar-refractivity contribution in [3.8, 4) is 0 Å². The molecule has 5 nitrogen and oxygen atoms in total. The molecule has 0 spiro atoms. The molecule has 1 heterocycles. The Kier molecular flexibility index (Phi) is 6.61. The van der Waals surface area contributed by atoms with Crippen molar-refractivity contribution < 1.29 is 9.59 Å². The average molecular weight is 377 g/mol. The molecule has 0 bridgehead atoms. The number of nitrogens with zero attached hydrogens (tertiary/aromatic N) is 2. The van der Waals surface area contributed by atoms with Crippen LogP contribution in [0.3, 0.4) is 0 Å². The van der Waals surface area contributed by atoms with Crippen LogP contribution in [-0.2, 0) is 9.59 Å². The number of rotatable bonds is 4. The Balaban J connectivity index is 1.47. The van der Waals surface area contributed by atoms with Crippen molar-refractivity contribution in [2.75, 3.05) is 38.0 Å². The number of amides is 2. The van der Waals surface area contributed by atoms with E-state index in [0.29, 0.717) is 18.8 Å². The van der Waals surface area contributed by atoms with Crippen molar-refractivity contribution in [1.29, 1.82) is 0 Å². The van der Waals surface area contributed by atoms with Gasteiger partial charge in [-0.3, -0.25) is 14.5 Å². The molecular weight excluding hydrogens is 350 g/mol. The Morgan fingerprint density at radius 2 is 1.68 bits per heavy atom. The third-order valence-corrected chi connectivity index (χ3v) is 5.18. The van der Waals surface area contributed by atoms with Gasteiger partial charge in [-0.05, 0) is 36.6 Å². The van der Waals surface area contributed by atoms with E-state index in [0.717, 1.165) is 30.8 Å². The number of aryl methyl sites for hydroxylation is 1. The molecule has 28 heavy (non-hydrogen) atoms. The summed E-state index contributed by atoms with van der Waals surface area (Å²) in [5.41, 5.74) is 3.95. The quantitative estimate of drug-likeness (QED) is 0.833. The van der Waals surface area contributed by atoms with E-state index in [2.05, 4.69) is 34.5 Å². The molecule has 2 aromatic rings. The van der Waals surface area contributed by atoms with E-state index in [1.807, 2.05) is 50.2 Å². The number of piperazine rings is 1. The first kappa shape index (κ1) is 19.8. The summed E-state index contributed by atoms with van der Waals surface area (Å²) in [6.07, 6.45) is 4.25. The summed E-state index contributed by atoms with van der Waals surface area (Å²) in [5.74, 6) is -1.02. The zero-order chi connectivity index (χ0) is 19.9. The Hall–Kier alpha value is -2.92. The molecule has 5 heteroatoms. The maximum atomic E-state index is 12.5.